The lowest BCUT2D eigenvalue weighted by Gasteiger charge is -2.40. The molecule has 0 saturated heterocycles. The number of fused-ring (bicyclic) bond motifs is 1. The van der Waals surface area contributed by atoms with Crippen molar-refractivity contribution < 1.29 is 9.53 Å². The molecule has 1 atom stereocenters. The monoisotopic (exact) mass is 319 g/mol. The van der Waals surface area contributed by atoms with Crippen molar-refractivity contribution in [1.82, 2.24) is 0 Å². The highest BCUT2D eigenvalue weighted by Crippen LogP contribution is 2.43. The van der Waals surface area contributed by atoms with Gasteiger partial charge in [-0.15, -0.1) is 0 Å². The summed E-state index contributed by atoms with van der Waals surface area (Å²) in [4.78, 5) is 14.8. The van der Waals surface area contributed by atoms with Gasteiger partial charge in [0.15, 0.2) is 5.78 Å². The third-order valence-corrected chi connectivity index (χ3v) is 5.03. The maximum absolute atomic E-state index is 12.5. The molecular weight excluding hydrogens is 298 g/mol. The number of ketones is 1. The molecule has 2 aromatic carbocycles. The van der Waals surface area contributed by atoms with Gasteiger partial charge in [0, 0.05) is 18.5 Å². The van der Waals surface area contributed by atoms with Crippen molar-refractivity contribution in [2.24, 2.45) is 0 Å². The molecule has 122 valence electrons. The summed E-state index contributed by atoms with van der Waals surface area (Å²) < 4.78 is 5.58. The first-order chi connectivity index (χ1) is 11.8. The van der Waals surface area contributed by atoms with Crippen molar-refractivity contribution in [2.45, 2.75) is 25.3 Å². The fourth-order valence-corrected chi connectivity index (χ4v) is 3.91. The van der Waals surface area contributed by atoms with Crippen molar-refractivity contribution in [2.75, 3.05) is 18.6 Å². The first-order valence-electron chi connectivity index (χ1n) is 8.50. The van der Waals surface area contributed by atoms with Gasteiger partial charge in [-0.3, -0.25) is 4.79 Å². The van der Waals surface area contributed by atoms with Crippen LogP contribution in [0.4, 0.5) is 5.69 Å². The Bertz CT molecular complexity index is 809. The lowest BCUT2D eigenvalue weighted by molar-refractivity contribution is -0.115. The van der Waals surface area contributed by atoms with Crippen molar-refractivity contribution in [3.05, 3.63) is 71.3 Å². The van der Waals surface area contributed by atoms with Crippen LogP contribution in [0.25, 0.3) is 0 Å². The van der Waals surface area contributed by atoms with Crippen LogP contribution in [-0.4, -0.2) is 19.4 Å². The number of allylic oxidation sites excluding steroid dienone is 1. The van der Waals surface area contributed by atoms with E-state index in [4.69, 9.17) is 4.74 Å². The van der Waals surface area contributed by atoms with E-state index >= 15 is 0 Å². The van der Waals surface area contributed by atoms with Crippen LogP contribution in [-0.2, 0) is 11.2 Å². The van der Waals surface area contributed by atoms with Crippen LogP contribution in [0.3, 0.4) is 0 Å². The molecule has 2 aliphatic rings. The van der Waals surface area contributed by atoms with Gasteiger partial charge in [-0.2, -0.15) is 0 Å². The van der Waals surface area contributed by atoms with Gasteiger partial charge >= 0.3 is 0 Å². The van der Waals surface area contributed by atoms with E-state index < -0.39 is 0 Å². The van der Waals surface area contributed by atoms with Gasteiger partial charge in [0.1, 0.15) is 5.75 Å². The molecule has 2 aromatic rings. The summed E-state index contributed by atoms with van der Waals surface area (Å²) in [6, 6.07) is 16.6. The molecule has 24 heavy (non-hydrogen) atoms. The zero-order valence-electron chi connectivity index (χ0n) is 13.9. The number of hydrogen-bond donors (Lipinski definition) is 0. The largest absolute Gasteiger partial charge is 0.495 e. The maximum atomic E-state index is 12.5. The Labute approximate surface area is 142 Å². The van der Waals surface area contributed by atoms with Crippen molar-refractivity contribution in [3.63, 3.8) is 0 Å². The van der Waals surface area contributed by atoms with E-state index in [0.29, 0.717) is 6.42 Å². The molecule has 1 aliphatic carbocycles. The topological polar surface area (TPSA) is 29.5 Å². The minimum absolute atomic E-state index is 0.0127. The fraction of sp³-hybridized carbons (Fsp3) is 0.286. The number of ether oxygens (including phenoxy) is 1. The number of rotatable bonds is 3. The summed E-state index contributed by atoms with van der Waals surface area (Å²) in [6.07, 6.45) is 4.59. The van der Waals surface area contributed by atoms with Crippen LogP contribution in [0.5, 0.6) is 5.75 Å². The van der Waals surface area contributed by atoms with Gasteiger partial charge in [-0.1, -0.05) is 42.5 Å². The molecule has 0 saturated carbocycles. The molecule has 0 bridgehead atoms. The Balaban J connectivity index is 1.86. The van der Waals surface area contributed by atoms with Crippen LogP contribution in [0, 0.1) is 0 Å². The number of carbonyl (C=O) groups excluding carboxylic acids is 1. The summed E-state index contributed by atoms with van der Waals surface area (Å²) in [7, 11) is 1.70. The second kappa shape index (κ2) is 6.16. The highest BCUT2D eigenvalue weighted by molar-refractivity contribution is 5.99. The average molecular weight is 319 g/mol. The van der Waals surface area contributed by atoms with Gasteiger partial charge < -0.3 is 9.64 Å². The molecule has 0 spiro atoms. The molecule has 0 unspecified atom stereocenters. The average Bonchev–Trinajstić information content (AvgIpc) is 3.06. The Morgan fingerprint density at radius 2 is 1.83 bits per heavy atom. The Morgan fingerprint density at radius 3 is 2.62 bits per heavy atom. The molecule has 3 nitrogen and oxygen atoms in total. The Morgan fingerprint density at radius 1 is 1.04 bits per heavy atom. The highest BCUT2D eigenvalue weighted by atomic mass is 16.5. The van der Waals surface area contributed by atoms with Gasteiger partial charge in [0.25, 0.3) is 0 Å². The smallest absolute Gasteiger partial charge is 0.161 e. The predicted molar refractivity (Wildman–Crippen MR) is 95.6 cm³/mol. The molecular formula is C21H21NO2. The number of hydrogen-bond acceptors (Lipinski definition) is 3. The lowest BCUT2D eigenvalue weighted by atomic mass is 9.87. The molecule has 3 heteroatoms. The number of anilines is 1. The van der Waals surface area contributed by atoms with E-state index in [1.807, 2.05) is 18.2 Å². The normalized spacial score (nSPS) is 19.9. The lowest BCUT2D eigenvalue weighted by Crippen LogP contribution is -2.37. The number of methoxy groups -OCH3 is 1. The van der Waals surface area contributed by atoms with Crippen LogP contribution in [0.15, 0.2) is 60.2 Å². The summed E-state index contributed by atoms with van der Waals surface area (Å²) in [5.74, 6) is 1.13. The SMILES string of the molecule is COc1ccccc1N1CCc2ccccc2[C@H]1C1=CCCC1=O. The third kappa shape index (κ3) is 2.41. The minimum atomic E-state index is -0.0127. The minimum Gasteiger partial charge on any atom is -0.495 e. The summed E-state index contributed by atoms with van der Waals surface area (Å²) >= 11 is 0. The van der Waals surface area contributed by atoms with Gasteiger partial charge in [0.2, 0.25) is 0 Å². The number of benzene rings is 2. The summed E-state index contributed by atoms with van der Waals surface area (Å²) in [5.41, 5.74) is 4.58. The van der Waals surface area contributed by atoms with E-state index in [1.54, 1.807) is 7.11 Å². The second-order valence-corrected chi connectivity index (χ2v) is 6.34. The van der Waals surface area contributed by atoms with E-state index in [2.05, 4.69) is 41.3 Å². The molecule has 0 radical (unpaired) electrons. The number of carbonyl (C=O) groups is 1. The molecule has 0 aromatic heterocycles. The Hall–Kier alpha value is -2.55. The standard InChI is InChI=1S/C21H21NO2/c1-24-20-12-5-4-10-18(20)22-14-13-15-7-2-3-8-16(15)21(22)17-9-6-11-19(17)23/h2-5,7-10,12,21H,6,11,13-14H2,1H3/t21-/m0/s1. The Kier molecular flexibility index (Phi) is 3.85. The van der Waals surface area contributed by atoms with E-state index in [9.17, 15) is 4.79 Å². The second-order valence-electron chi connectivity index (χ2n) is 6.34. The van der Waals surface area contributed by atoms with Crippen molar-refractivity contribution >= 4 is 11.5 Å². The number of Topliss-reactive ketones (excluding diaryl/α,β-unsaturated/α-hetero) is 1. The number of para-hydroxylation sites is 2. The fourth-order valence-electron chi connectivity index (χ4n) is 3.91. The van der Waals surface area contributed by atoms with Crippen molar-refractivity contribution in [3.8, 4) is 5.75 Å². The maximum Gasteiger partial charge on any atom is 0.161 e. The van der Waals surface area contributed by atoms with Crippen LogP contribution < -0.4 is 9.64 Å². The molecule has 0 amide bonds. The van der Waals surface area contributed by atoms with Crippen LogP contribution >= 0.6 is 0 Å². The van der Waals surface area contributed by atoms with Gasteiger partial charge in [-0.05, 0) is 36.1 Å². The van der Waals surface area contributed by atoms with Crippen LogP contribution in [0.1, 0.15) is 30.0 Å². The van der Waals surface area contributed by atoms with E-state index in [-0.39, 0.29) is 11.8 Å². The van der Waals surface area contributed by atoms with Crippen molar-refractivity contribution in [1.29, 1.82) is 0 Å². The molecule has 1 aliphatic heterocycles. The third-order valence-electron chi connectivity index (χ3n) is 5.03. The molecule has 4 rings (SSSR count). The zero-order valence-corrected chi connectivity index (χ0v) is 13.9. The van der Waals surface area contributed by atoms with E-state index in [0.717, 1.165) is 36.4 Å². The van der Waals surface area contributed by atoms with Gasteiger partial charge in [-0.25, -0.2) is 0 Å². The quantitative estimate of drug-likeness (QED) is 0.853. The molecule has 0 N–H and O–H groups in total. The number of nitrogens with zero attached hydrogens (tertiary/aromatic N) is 1. The van der Waals surface area contributed by atoms with Gasteiger partial charge in [0.05, 0.1) is 18.8 Å². The first-order valence-corrected chi connectivity index (χ1v) is 8.50. The molecule has 0 fully saturated rings. The van der Waals surface area contributed by atoms with E-state index in [1.165, 1.54) is 11.1 Å². The predicted octanol–water partition coefficient (Wildman–Crippen LogP) is 4.09. The van der Waals surface area contributed by atoms with Crippen LogP contribution in [0.2, 0.25) is 0 Å². The molecule has 1 heterocycles. The zero-order chi connectivity index (χ0) is 16.5. The highest BCUT2D eigenvalue weighted by Gasteiger charge is 2.35. The first kappa shape index (κ1) is 15.0. The summed E-state index contributed by atoms with van der Waals surface area (Å²) in [5, 5.41) is 0. The summed E-state index contributed by atoms with van der Waals surface area (Å²) in [6.45, 7) is 0.882.